The van der Waals surface area contributed by atoms with Gasteiger partial charge in [0.1, 0.15) is 12.2 Å². The Morgan fingerprint density at radius 2 is 2.32 bits per heavy atom. The molecule has 1 atom stereocenters. The highest BCUT2D eigenvalue weighted by Crippen LogP contribution is 2.32. The minimum Gasteiger partial charge on any atom is -0.487 e. The molecule has 0 spiro atoms. The van der Waals surface area contributed by atoms with Crippen molar-refractivity contribution in [2.75, 3.05) is 24.6 Å². The normalized spacial score (nSPS) is 17.5. The summed E-state index contributed by atoms with van der Waals surface area (Å²) in [6.07, 6.45) is 1.40. The summed E-state index contributed by atoms with van der Waals surface area (Å²) >= 11 is 2.21. The molecule has 1 aliphatic rings. The number of rotatable bonds is 3. The van der Waals surface area contributed by atoms with Gasteiger partial charge in [-0.15, -0.1) is 0 Å². The molecule has 1 aromatic heterocycles. The summed E-state index contributed by atoms with van der Waals surface area (Å²) in [5.74, 6) is 1.62. The Bertz CT molecular complexity index is 545. The van der Waals surface area contributed by atoms with E-state index in [1.54, 1.807) is 0 Å². The van der Waals surface area contributed by atoms with Crippen molar-refractivity contribution < 1.29 is 14.3 Å². The first kappa shape index (κ1) is 17.1. The van der Waals surface area contributed by atoms with Crippen molar-refractivity contribution in [3.05, 3.63) is 15.8 Å². The van der Waals surface area contributed by atoms with Gasteiger partial charge in [-0.25, -0.2) is 9.78 Å². The SMILES string of the molecule is CCN1c2ncc(I)cc2OCC1CNC(=O)OC(C)(C)C. The molecular formula is C15H22IN3O3. The predicted octanol–water partition coefficient (Wildman–Crippen LogP) is 2.80. The van der Waals surface area contributed by atoms with Crippen molar-refractivity contribution in [3.63, 3.8) is 0 Å². The Balaban J connectivity index is 2.01. The summed E-state index contributed by atoms with van der Waals surface area (Å²) in [6.45, 7) is 9.36. The Morgan fingerprint density at radius 3 is 2.95 bits per heavy atom. The van der Waals surface area contributed by atoms with Gasteiger partial charge in [-0.2, -0.15) is 0 Å². The van der Waals surface area contributed by atoms with Crippen LogP contribution < -0.4 is 15.0 Å². The topological polar surface area (TPSA) is 63.7 Å². The largest absolute Gasteiger partial charge is 0.487 e. The molecule has 0 aliphatic carbocycles. The summed E-state index contributed by atoms with van der Waals surface area (Å²) in [4.78, 5) is 18.4. The van der Waals surface area contributed by atoms with E-state index in [2.05, 4.69) is 44.7 Å². The molecule has 1 amide bonds. The van der Waals surface area contributed by atoms with Crippen LogP contribution in [0.5, 0.6) is 5.75 Å². The molecule has 1 aliphatic heterocycles. The van der Waals surface area contributed by atoms with Crippen LogP contribution >= 0.6 is 22.6 Å². The van der Waals surface area contributed by atoms with Crippen molar-refractivity contribution in [2.45, 2.75) is 39.3 Å². The third-order valence-electron chi connectivity index (χ3n) is 3.17. The Labute approximate surface area is 144 Å². The Morgan fingerprint density at radius 1 is 1.59 bits per heavy atom. The van der Waals surface area contributed by atoms with Crippen LogP contribution in [0.3, 0.4) is 0 Å². The molecule has 0 saturated heterocycles. The molecule has 1 aromatic rings. The number of nitrogens with one attached hydrogen (secondary N) is 1. The number of likely N-dealkylation sites (N-methyl/N-ethyl adjacent to an activating group) is 1. The van der Waals surface area contributed by atoms with E-state index in [0.717, 1.165) is 21.7 Å². The van der Waals surface area contributed by atoms with Gasteiger partial charge >= 0.3 is 6.09 Å². The van der Waals surface area contributed by atoms with Crippen molar-refractivity contribution in [2.24, 2.45) is 0 Å². The van der Waals surface area contributed by atoms with Gasteiger partial charge in [-0.1, -0.05) is 0 Å². The fourth-order valence-electron chi connectivity index (χ4n) is 2.28. The molecule has 122 valence electrons. The highest BCUT2D eigenvalue weighted by Gasteiger charge is 2.28. The number of pyridine rings is 1. The number of hydrogen-bond donors (Lipinski definition) is 1. The molecular weight excluding hydrogens is 397 g/mol. The van der Waals surface area contributed by atoms with Gasteiger partial charge in [-0.05, 0) is 56.4 Å². The molecule has 2 rings (SSSR count). The van der Waals surface area contributed by atoms with E-state index in [4.69, 9.17) is 9.47 Å². The highest BCUT2D eigenvalue weighted by molar-refractivity contribution is 14.1. The van der Waals surface area contributed by atoms with E-state index in [9.17, 15) is 4.79 Å². The Hall–Kier alpha value is -1.25. The fraction of sp³-hybridized carbons (Fsp3) is 0.600. The van der Waals surface area contributed by atoms with E-state index in [-0.39, 0.29) is 6.04 Å². The number of anilines is 1. The zero-order chi connectivity index (χ0) is 16.3. The number of amides is 1. The van der Waals surface area contributed by atoms with Crippen LogP contribution in [-0.4, -0.2) is 42.4 Å². The van der Waals surface area contributed by atoms with Gasteiger partial charge in [0.25, 0.3) is 0 Å². The van der Waals surface area contributed by atoms with Gasteiger partial charge in [0.15, 0.2) is 11.6 Å². The third kappa shape index (κ3) is 4.37. The number of halogens is 1. The number of carbonyl (C=O) groups excluding carboxylic acids is 1. The minimum atomic E-state index is -0.498. The maximum absolute atomic E-state index is 11.8. The van der Waals surface area contributed by atoms with E-state index >= 15 is 0 Å². The first-order chi connectivity index (χ1) is 10.3. The van der Waals surface area contributed by atoms with Crippen molar-refractivity contribution in [1.29, 1.82) is 0 Å². The van der Waals surface area contributed by atoms with Crippen LogP contribution in [0.1, 0.15) is 27.7 Å². The molecule has 0 bridgehead atoms. The van der Waals surface area contributed by atoms with Crippen LogP contribution in [-0.2, 0) is 4.74 Å². The lowest BCUT2D eigenvalue weighted by atomic mass is 10.2. The number of carbonyl (C=O) groups is 1. The second-order valence-electron chi connectivity index (χ2n) is 6.11. The van der Waals surface area contributed by atoms with Crippen molar-refractivity contribution in [1.82, 2.24) is 10.3 Å². The molecule has 22 heavy (non-hydrogen) atoms. The number of aromatic nitrogens is 1. The lowest BCUT2D eigenvalue weighted by Gasteiger charge is -2.37. The smallest absolute Gasteiger partial charge is 0.407 e. The van der Waals surface area contributed by atoms with Gasteiger partial charge in [0.2, 0.25) is 0 Å². The predicted molar refractivity (Wildman–Crippen MR) is 93.5 cm³/mol. The van der Waals surface area contributed by atoms with Gasteiger partial charge in [-0.3, -0.25) is 0 Å². The number of hydrogen-bond acceptors (Lipinski definition) is 5. The second-order valence-corrected chi connectivity index (χ2v) is 7.35. The maximum Gasteiger partial charge on any atom is 0.407 e. The van der Waals surface area contributed by atoms with Gasteiger partial charge < -0.3 is 19.7 Å². The van der Waals surface area contributed by atoms with Crippen LogP contribution in [0.2, 0.25) is 0 Å². The average Bonchev–Trinajstić information content (AvgIpc) is 2.42. The molecule has 2 heterocycles. The summed E-state index contributed by atoms with van der Waals surface area (Å²) < 4.78 is 12.1. The van der Waals surface area contributed by atoms with Crippen LogP contribution in [0.15, 0.2) is 12.3 Å². The summed E-state index contributed by atoms with van der Waals surface area (Å²) in [5.41, 5.74) is -0.498. The lowest BCUT2D eigenvalue weighted by molar-refractivity contribution is 0.0520. The molecule has 0 fully saturated rings. The van der Waals surface area contributed by atoms with Gasteiger partial charge in [0, 0.05) is 22.9 Å². The van der Waals surface area contributed by atoms with E-state index in [1.807, 2.05) is 33.0 Å². The molecule has 0 aromatic carbocycles. The van der Waals surface area contributed by atoms with Crippen LogP contribution in [0.4, 0.5) is 10.6 Å². The van der Waals surface area contributed by atoms with Crippen LogP contribution in [0, 0.1) is 3.57 Å². The monoisotopic (exact) mass is 419 g/mol. The minimum absolute atomic E-state index is 0.0394. The molecule has 6 nitrogen and oxygen atoms in total. The van der Waals surface area contributed by atoms with Crippen molar-refractivity contribution >= 4 is 34.5 Å². The average molecular weight is 419 g/mol. The number of alkyl carbamates (subject to hydrolysis) is 1. The second kappa shape index (κ2) is 6.89. The molecule has 1 unspecified atom stereocenters. The molecule has 1 N–H and O–H groups in total. The maximum atomic E-state index is 11.8. The van der Waals surface area contributed by atoms with E-state index in [0.29, 0.717) is 13.2 Å². The molecule has 0 radical (unpaired) electrons. The van der Waals surface area contributed by atoms with Crippen molar-refractivity contribution in [3.8, 4) is 5.75 Å². The standard InChI is InChI=1S/C15H22IN3O3/c1-5-19-11(8-18-14(20)22-15(2,3)4)9-21-12-6-10(16)7-17-13(12)19/h6-7,11H,5,8-9H2,1-4H3,(H,18,20). The molecule has 0 saturated carbocycles. The zero-order valence-corrected chi connectivity index (χ0v) is 15.5. The quantitative estimate of drug-likeness (QED) is 0.764. The Kier molecular flexibility index (Phi) is 5.36. The third-order valence-corrected chi connectivity index (χ3v) is 3.76. The number of nitrogens with zero attached hydrogens (tertiary/aromatic N) is 2. The van der Waals surface area contributed by atoms with Crippen LogP contribution in [0.25, 0.3) is 0 Å². The summed E-state index contributed by atoms with van der Waals surface area (Å²) in [6, 6.07) is 2.01. The first-order valence-corrected chi connectivity index (χ1v) is 8.40. The number of ether oxygens (including phenoxy) is 2. The lowest BCUT2D eigenvalue weighted by Crippen LogP contribution is -2.50. The van der Waals surface area contributed by atoms with E-state index in [1.165, 1.54) is 0 Å². The highest BCUT2D eigenvalue weighted by atomic mass is 127. The summed E-state index contributed by atoms with van der Waals surface area (Å²) in [7, 11) is 0. The molecule has 7 heteroatoms. The number of fused-ring (bicyclic) bond motifs is 1. The van der Waals surface area contributed by atoms with Gasteiger partial charge in [0.05, 0.1) is 6.04 Å². The first-order valence-electron chi connectivity index (χ1n) is 7.32. The summed E-state index contributed by atoms with van der Waals surface area (Å²) in [5, 5.41) is 2.80. The van der Waals surface area contributed by atoms with E-state index < -0.39 is 11.7 Å². The zero-order valence-electron chi connectivity index (χ0n) is 13.4. The fourth-order valence-corrected chi connectivity index (χ4v) is 2.70.